The Labute approximate surface area is 153 Å². The average Bonchev–Trinajstić information content (AvgIpc) is 2.59. The van der Waals surface area contributed by atoms with E-state index in [1.54, 1.807) is 12.1 Å². The van der Waals surface area contributed by atoms with Crippen molar-refractivity contribution in [3.05, 3.63) is 82.5 Å². The molecular weight excluding hydrogens is 324 g/mol. The SMILES string of the molecule is Cc1cccc(CNc2ccc(C(=O)Nc3cc(C)cc(C)c3)nn2)c1. The molecule has 2 aromatic carbocycles. The van der Waals surface area contributed by atoms with Crippen molar-refractivity contribution < 1.29 is 4.79 Å². The molecule has 0 bridgehead atoms. The van der Waals surface area contributed by atoms with Crippen molar-refractivity contribution in [2.45, 2.75) is 27.3 Å². The Morgan fingerprint density at radius 2 is 1.65 bits per heavy atom. The molecule has 5 nitrogen and oxygen atoms in total. The van der Waals surface area contributed by atoms with Crippen LogP contribution < -0.4 is 10.6 Å². The predicted octanol–water partition coefficient (Wildman–Crippen LogP) is 4.27. The van der Waals surface area contributed by atoms with Crippen molar-refractivity contribution in [2.75, 3.05) is 10.6 Å². The molecule has 0 aliphatic heterocycles. The number of hydrogen-bond acceptors (Lipinski definition) is 4. The summed E-state index contributed by atoms with van der Waals surface area (Å²) in [6.45, 7) is 6.71. The van der Waals surface area contributed by atoms with E-state index >= 15 is 0 Å². The number of amides is 1. The minimum absolute atomic E-state index is 0.271. The van der Waals surface area contributed by atoms with E-state index in [-0.39, 0.29) is 11.6 Å². The maximum atomic E-state index is 12.3. The van der Waals surface area contributed by atoms with Gasteiger partial charge in [0, 0.05) is 12.2 Å². The monoisotopic (exact) mass is 346 g/mol. The van der Waals surface area contributed by atoms with Gasteiger partial charge in [0.15, 0.2) is 5.69 Å². The number of carbonyl (C=O) groups excluding carboxylic acids is 1. The Morgan fingerprint density at radius 3 is 2.31 bits per heavy atom. The minimum Gasteiger partial charge on any atom is -0.365 e. The van der Waals surface area contributed by atoms with E-state index in [0.29, 0.717) is 12.4 Å². The molecule has 0 aliphatic carbocycles. The van der Waals surface area contributed by atoms with Gasteiger partial charge in [-0.05, 0) is 61.7 Å². The summed E-state index contributed by atoms with van der Waals surface area (Å²) in [5, 5.41) is 14.2. The molecule has 0 atom stereocenters. The van der Waals surface area contributed by atoms with Crippen LogP contribution >= 0.6 is 0 Å². The number of nitrogens with zero attached hydrogens (tertiary/aromatic N) is 2. The van der Waals surface area contributed by atoms with Crippen LogP contribution in [-0.4, -0.2) is 16.1 Å². The first-order chi connectivity index (χ1) is 12.5. The first kappa shape index (κ1) is 17.6. The lowest BCUT2D eigenvalue weighted by atomic mass is 10.1. The molecule has 0 saturated carbocycles. The van der Waals surface area contributed by atoms with Gasteiger partial charge in [0.25, 0.3) is 5.91 Å². The van der Waals surface area contributed by atoms with Crippen molar-refractivity contribution in [1.82, 2.24) is 10.2 Å². The molecule has 26 heavy (non-hydrogen) atoms. The van der Waals surface area contributed by atoms with Crippen molar-refractivity contribution in [3.8, 4) is 0 Å². The van der Waals surface area contributed by atoms with E-state index in [4.69, 9.17) is 0 Å². The van der Waals surface area contributed by atoms with Gasteiger partial charge in [-0.3, -0.25) is 4.79 Å². The van der Waals surface area contributed by atoms with Gasteiger partial charge in [-0.2, -0.15) is 0 Å². The van der Waals surface area contributed by atoms with Crippen molar-refractivity contribution in [3.63, 3.8) is 0 Å². The van der Waals surface area contributed by atoms with Crippen LogP contribution in [0, 0.1) is 20.8 Å². The molecular formula is C21H22N4O. The summed E-state index contributed by atoms with van der Waals surface area (Å²) < 4.78 is 0. The highest BCUT2D eigenvalue weighted by atomic mass is 16.1. The second kappa shape index (κ2) is 7.78. The molecule has 0 aliphatic rings. The first-order valence-corrected chi connectivity index (χ1v) is 8.52. The molecule has 0 radical (unpaired) electrons. The molecule has 0 saturated heterocycles. The van der Waals surface area contributed by atoms with E-state index in [1.807, 2.05) is 32.0 Å². The Bertz CT molecular complexity index is 899. The maximum Gasteiger partial charge on any atom is 0.276 e. The number of carbonyl (C=O) groups is 1. The number of aromatic nitrogens is 2. The van der Waals surface area contributed by atoms with Crippen LogP contribution in [0.1, 0.15) is 32.7 Å². The summed E-state index contributed by atoms with van der Waals surface area (Å²) in [6, 6.07) is 17.6. The lowest BCUT2D eigenvalue weighted by Crippen LogP contribution is -2.15. The molecule has 5 heteroatoms. The first-order valence-electron chi connectivity index (χ1n) is 8.52. The topological polar surface area (TPSA) is 66.9 Å². The van der Waals surface area contributed by atoms with Crippen molar-refractivity contribution in [2.24, 2.45) is 0 Å². The number of anilines is 2. The predicted molar refractivity (Wildman–Crippen MR) is 104 cm³/mol. The molecule has 0 fully saturated rings. The lowest BCUT2D eigenvalue weighted by Gasteiger charge is -2.08. The maximum absolute atomic E-state index is 12.3. The van der Waals surface area contributed by atoms with Crippen LogP contribution in [0.3, 0.4) is 0 Å². The molecule has 0 unspecified atom stereocenters. The summed E-state index contributed by atoms with van der Waals surface area (Å²) >= 11 is 0. The van der Waals surface area contributed by atoms with E-state index in [0.717, 1.165) is 16.8 Å². The summed E-state index contributed by atoms with van der Waals surface area (Å²) in [6.07, 6.45) is 0. The molecule has 0 spiro atoms. The Balaban J connectivity index is 1.62. The quantitative estimate of drug-likeness (QED) is 0.724. The zero-order valence-electron chi connectivity index (χ0n) is 15.2. The second-order valence-corrected chi connectivity index (χ2v) is 6.48. The molecule has 132 valence electrons. The van der Waals surface area contributed by atoms with Gasteiger partial charge in [-0.25, -0.2) is 0 Å². The van der Waals surface area contributed by atoms with Crippen LogP contribution in [0.25, 0.3) is 0 Å². The van der Waals surface area contributed by atoms with E-state index in [9.17, 15) is 4.79 Å². The third kappa shape index (κ3) is 4.66. The zero-order chi connectivity index (χ0) is 18.5. The molecule has 1 heterocycles. The Hall–Kier alpha value is -3.21. The summed E-state index contributed by atoms with van der Waals surface area (Å²) in [4.78, 5) is 12.3. The van der Waals surface area contributed by atoms with Crippen LogP contribution in [0.2, 0.25) is 0 Å². The molecule has 3 aromatic rings. The third-order valence-corrected chi connectivity index (χ3v) is 3.93. The summed E-state index contributed by atoms with van der Waals surface area (Å²) in [5.74, 6) is 0.363. The van der Waals surface area contributed by atoms with Gasteiger partial charge in [-0.15, -0.1) is 10.2 Å². The van der Waals surface area contributed by atoms with Gasteiger partial charge in [0.05, 0.1) is 0 Å². The fourth-order valence-corrected chi connectivity index (χ4v) is 2.80. The van der Waals surface area contributed by atoms with Gasteiger partial charge in [0.2, 0.25) is 0 Å². The van der Waals surface area contributed by atoms with Crippen molar-refractivity contribution in [1.29, 1.82) is 0 Å². The highest BCUT2D eigenvalue weighted by Crippen LogP contribution is 2.15. The highest BCUT2D eigenvalue weighted by molar-refractivity contribution is 6.02. The minimum atomic E-state index is -0.271. The second-order valence-electron chi connectivity index (χ2n) is 6.48. The summed E-state index contributed by atoms with van der Waals surface area (Å²) in [7, 11) is 0. The number of aryl methyl sites for hydroxylation is 3. The van der Waals surface area contributed by atoms with Gasteiger partial charge in [0.1, 0.15) is 5.82 Å². The fourth-order valence-electron chi connectivity index (χ4n) is 2.80. The molecule has 1 amide bonds. The zero-order valence-corrected chi connectivity index (χ0v) is 15.2. The average molecular weight is 346 g/mol. The van der Waals surface area contributed by atoms with Crippen LogP contribution in [0.15, 0.2) is 54.6 Å². The van der Waals surface area contributed by atoms with E-state index < -0.39 is 0 Å². The summed E-state index contributed by atoms with van der Waals surface area (Å²) in [5.41, 5.74) is 5.63. The Kier molecular flexibility index (Phi) is 5.27. The number of nitrogens with one attached hydrogen (secondary N) is 2. The highest BCUT2D eigenvalue weighted by Gasteiger charge is 2.09. The molecule has 2 N–H and O–H groups in total. The Morgan fingerprint density at radius 1 is 0.885 bits per heavy atom. The smallest absolute Gasteiger partial charge is 0.276 e. The fraction of sp³-hybridized carbons (Fsp3) is 0.190. The largest absolute Gasteiger partial charge is 0.365 e. The van der Waals surface area contributed by atoms with E-state index in [2.05, 4.69) is 52.0 Å². The number of benzene rings is 2. The van der Waals surface area contributed by atoms with Crippen LogP contribution in [-0.2, 0) is 6.54 Å². The van der Waals surface area contributed by atoms with Gasteiger partial charge >= 0.3 is 0 Å². The number of hydrogen-bond donors (Lipinski definition) is 2. The number of rotatable bonds is 5. The third-order valence-electron chi connectivity index (χ3n) is 3.93. The van der Waals surface area contributed by atoms with Crippen molar-refractivity contribution >= 4 is 17.4 Å². The van der Waals surface area contributed by atoms with Crippen LogP contribution in [0.4, 0.5) is 11.5 Å². The normalized spacial score (nSPS) is 10.4. The molecule has 3 rings (SSSR count). The standard InChI is InChI=1S/C21H22N4O/c1-14-5-4-6-17(10-14)13-22-20-8-7-19(24-25-20)21(26)23-18-11-15(2)9-16(3)12-18/h4-12H,13H2,1-3H3,(H,22,25)(H,23,26). The van der Waals surface area contributed by atoms with Gasteiger partial charge < -0.3 is 10.6 Å². The van der Waals surface area contributed by atoms with Crippen LogP contribution in [0.5, 0.6) is 0 Å². The molecule has 1 aromatic heterocycles. The lowest BCUT2D eigenvalue weighted by molar-refractivity contribution is 0.102. The van der Waals surface area contributed by atoms with Gasteiger partial charge in [-0.1, -0.05) is 35.9 Å². The van der Waals surface area contributed by atoms with E-state index in [1.165, 1.54) is 11.1 Å².